The third-order valence-electron chi connectivity index (χ3n) is 7.19. The van der Waals surface area contributed by atoms with Gasteiger partial charge in [-0.2, -0.15) is 0 Å². The second kappa shape index (κ2) is 13.5. The number of thiophene rings is 1. The van der Waals surface area contributed by atoms with Crippen LogP contribution < -0.4 is 24.4 Å². The van der Waals surface area contributed by atoms with Crippen LogP contribution in [0.25, 0.3) is 0 Å². The molecule has 0 aliphatic heterocycles. The summed E-state index contributed by atoms with van der Waals surface area (Å²) in [7, 11) is 4.54. The maximum absolute atomic E-state index is 14.2. The number of rotatable bonds is 11. The summed E-state index contributed by atoms with van der Waals surface area (Å²) in [5.74, 6) is 0.517. The van der Waals surface area contributed by atoms with Crippen LogP contribution in [0.3, 0.4) is 0 Å². The lowest BCUT2D eigenvalue weighted by molar-refractivity contribution is -0.127. The molecule has 8 nitrogen and oxygen atoms in total. The predicted octanol–water partition coefficient (Wildman–Crippen LogP) is 5.74. The number of ketones is 1. The summed E-state index contributed by atoms with van der Waals surface area (Å²) in [6, 6.07) is 13.0. The number of benzene rings is 2. The Kier molecular flexibility index (Phi) is 9.82. The van der Waals surface area contributed by atoms with Gasteiger partial charge in [0.2, 0.25) is 17.6 Å². The van der Waals surface area contributed by atoms with Gasteiger partial charge in [-0.3, -0.25) is 19.3 Å². The Bertz CT molecular complexity index is 1290. The Morgan fingerprint density at radius 2 is 1.60 bits per heavy atom. The zero-order valence-corrected chi connectivity index (χ0v) is 24.2. The Balaban J connectivity index is 1.86. The van der Waals surface area contributed by atoms with Crippen LogP contribution in [0, 0.1) is 0 Å². The molecule has 1 aliphatic rings. The molecule has 3 aromatic rings. The topological polar surface area (TPSA) is 94.2 Å². The molecule has 1 unspecified atom stereocenters. The molecule has 1 fully saturated rings. The Labute approximate surface area is 239 Å². The van der Waals surface area contributed by atoms with Crippen molar-refractivity contribution >= 4 is 34.6 Å². The van der Waals surface area contributed by atoms with Crippen molar-refractivity contribution in [3.63, 3.8) is 0 Å². The normalized spacial score (nSPS) is 14.2. The number of amides is 2. The summed E-state index contributed by atoms with van der Waals surface area (Å²) in [5.41, 5.74) is 1.53. The third-order valence-corrected chi connectivity index (χ3v) is 8.06. The quantitative estimate of drug-likeness (QED) is 0.299. The molecule has 4 rings (SSSR count). The molecular formula is C31H36N2O6S. The molecular weight excluding hydrogens is 528 g/mol. The van der Waals surface area contributed by atoms with Gasteiger partial charge >= 0.3 is 0 Å². The molecule has 1 atom stereocenters. The highest BCUT2D eigenvalue weighted by atomic mass is 32.1. The first-order chi connectivity index (χ1) is 19.4. The minimum absolute atomic E-state index is 0.0279. The lowest BCUT2D eigenvalue weighted by Crippen LogP contribution is -2.47. The van der Waals surface area contributed by atoms with Crippen molar-refractivity contribution in [2.45, 2.75) is 57.5 Å². The molecule has 9 heteroatoms. The summed E-state index contributed by atoms with van der Waals surface area (Å²) in [6.07, 6.45) is 5.15. The lowest BCUT2D eigenvalue weighted by atomic mass is 9.94. The Hall–Kier alpha value is -3.85. The molecule has 2 amide bonds. The van der Waals surface area contributed by atoms with E-state index < -0.39 is 6.04 Å². The van der Waals surface area contributed by atoms with Gasteiger partial charge in [0, 0.05) is 22.2 Å². The van der Waals surface area contributed by atoms with Crippen molar-refractivity contribution in [3.8, 4) is 17.2 Å². The molecule has 0 saturated heterocycles. The van der Waals surface area contributed by atoms with Crippen molar-refractivity contribution in [1.82, 2.24) is 5.32 Å². The number of ether oxygens (including phenoxy) is 3. The van der Waals surface area contributed by atoms with E-state index >= 15 is 0 Å². The van der Waals surface area contributed by atoms with E-state index in [0.29, 0.717) is 34.1 Å². The lowest BCUT2D eigenvalue weighted by Gasteiger charge is -2.34. The number of carbonyl (C=O) groups excluding carboxylic acids is 3. The average Bonchev–Trinajstić information content (AvgIpc) is 3.48. The van der Waals surface area contributed by atoms with Crippen LogP contribution in [-0.4, -0.2) is 45.0 Å². The highest BCUT2D eigenvalue weighted by Crippen LogP contribution is 2.42. The summed E-state index contributed by atoms with van der Waals surface area (Å²) in [4.78, 5) is 42.6. The molecule has 1 saturated carbocycles. The van der Waals surface area contributed by atoms with Gasteiger partial charge in [0.1, 0.15) is 6.04 Å². The van der Waals surface area contributed by atoms with Gasteiger partial charge in [-0.15, -0.1) is 11.3 Å². The SMILES string of the molecule is COc1cc(C(C(=O)NC2CCCCC2)N(C(=O)Cc2cccs2)c2ccc(C(C)=O)cc2)cc(OC)c1OC. The minimum Gasteiger partial charge on any atom is -0.493 e. The number of anilines is 1. The molecule has 1 aliphatic carbocycles. The summed E-state index contributed by atoms with van der Waals surface area (Å²) in [6.45, 7) is 1.49. The van der Waals surface area contributed by atoms with Gasteiger partial charge in [-0.25, -0.2) is 0 Å². The molecule has 2 aromatic carbocycles. The predicted molar refractivity (Wildman–Crippen MR) is 156 cm³/mol. The number of carbonyl (C=O) groups is 3. The van der Waals surface area contributed by atoms with Gasteiger partial charge in [0.15, 0.2) is 17.3 Å². The third kappa shape index (κ3) is 6.65. The number of Topliss-reactive ketones (excluding diaryl/α,β-unsaturated/α-hetero) is 1. The van der Waals surface area contributed by atoms with Gasteiger partial charge in [-0.1, -0.05) is 25.3 Å². The van der Waals surface area contributed by atoms with Crippen LogP contribution in [-0.2, 0) is 16.0 Å². The van der Waals surface area contributed by atoms with Crippen molar-refractivity contribution in [1.29, 1.82) is 0 Å². The number of hydrogen-bond donors (Lipinski definition) is 1. The fourth-order valence-electron chi connectivity index (χ4n) is 5.15. The van der Waals surface area contributed by atoms with Gasteiger partial charge in [-0.05, 0) is 73.2 Å². The van der Waals surface area contributed by atoms with Crippen molar-refractivity contribution in [2.24, 2.45) is 0 Å². The van der Waals surface area contributed by atoms with E-state index in [0.717, 1.165) is 37.0 Å². The maximum Gasteiger partial charge on any atom is 0.248 e. The number of methoxy groups -OCH3 is 3. The van der Waals surface area contributed by atoms with Crippen molar-refractivity contribution < 1.29 is 28.6 Å². The smallest absolute Gasteiger partial charge is 0.248 e. The molecule has 0 bridgehead atoms. The van der Waals surface area contributed by atoms with Gasteiger partial charge in [0.25, 0.3) is 0 Å². The molecule has 212 valence electrons. The zero-order chi connectivity index (χ0) is 28.6. The van der Waals surface area contributed by atoms with Crippen molar-refractivity contribution in [2.75, 3.05) is 26.2 Å². The van der Waals surface area contributed by atoms with E-state index in [2.05, 4.69) is 5.32 Å². The number of hydrogen-bond acceptors (Lipinski definition) is 7. The van der Waals surface area contributed by atoms with Crippen LogP contribution in [0.4, 0.5) is 5.69 Å². The van der Waals surface area contributed by atoms with Crippen LogP contribution in [0.15, 0.2) is 53.9 Å². The van der Waals surface area contributed by atoms with Gasteiger partial charge in [0.05, 0.1) is 27.8 Å². The second-order valence-electron chi connectivity index (χ2n) is 9.83. The fourth-order valence-corrected chi connectivity index (χ4v) is 5.84. The van der Waals surface area contributed by atoms with Crippen LogP contribution in [0.5, 0.6) is 17.2 Å². The average molecular weight is 565 g/mol. The first-order valence-electron chi connectivity index (χ1n) is 13.4. The first-order valence-corrected chi connectivity index (χ1v) is 14.3. The number of nitrogens with zero attached hydrogens (tertiary/aromatic N) is 1. The van der Waals surface area contributed by atoms with Crippen LogP contribution in [0.2, 0.25) is 0 Å². The van der Waals surface area contributed by atoms with E-state index in [9.17, 15) is 14.4 Å². The molecule has 40 heavy (non-hydrogen) atoms. The van der Waals surface area contributed by atoms with E-state index in [-0.39, 0.29) is 30.1 Å². The van der Waals surface area contributed by atoms with Crippen LogP contribution in [0.1, 0.15) is 65.9 Å². The Morgan fingerprint density at radius 3 is 2.12 bits per heavy atom. The Morgan fingerprint density at radius 1 is 0.950 bits per heavy atom. The maximum atomic E-state index is 14.2. The summed E-state index contributed by atoms with van der Waals surface area (Å²) in [5, 5.41) is 5.14. The summed E-state index contributed by atoms with van der Waals surface area (Å²) < 4.78 is 16.7. The fraction of sp³-hybridized carbons (Fsp3) is 0.387. The van der Waals surface area contributed by atoms with E-state index in [4.69, 9.17) is 14.2 Å². The highest BCUT2D eigenvalue weighted by molar-refractivity contribution is 7.10. The molecule has 0 radical (unpaired) electrons. The second-order valence-corrected chi connectivity index (χ2v) is 10.9. The van der Waals surface area contributed by atoms with E-state index in [1.54, 1.807) is 36.4 Å². The first kappa shape index (κ1) is 29.1. The molecule has 1 heterocycles. The van der Waals surface area contributed by atoms with Gasteiger partial charge < -0.3 is 19.5 Å². The molecule has 0 spiro atoms. The monoisotopic (exact) mass is 564 g/mol. The molecule has 1 N–H and O–H groups in total. The minimum atomic E-state index is -1.04. The highest BCUT2D eigenvalue weighted by Gasteiger charge is 2.35. The van der Waals surface area contributed by atoms with E-state index in [1.165, 1.54) is 44.5 Å². The number of nitrogens with one attached hydrogen (secondary N) is 1. The van der Waals surface area contributed by atoms with Crippen molar-refractivity contribution in [3.05, 3.63) is 69.9 Å². The largest absolute Gasteiger partial charge is 0.493 e. The zero-order valence-electron chi connectivity index (χ0n) is 23.4. The van der Waals surface area contributed by atoms with E-state index in [1.807, 2.05) is 17.5 Å². The molecule has 1 aromatic heterocycles. The van der Waals surface area contributed by atoms with Crippen LogP contribution >= 0.6 is 11.3 Å². The summed E-state index contributed by atoms with van der Waals surface area (Å²) >= 11 is 1.48. The standard InChI is InChI=1S/C31H36N2O6S/c1-20(34)21-12-14-24(15-13-21)33(28(35)19-25-11-8-16-40-25)29(31(36)32-23-9-6-5-7-10-23)22-17-26(37-2)30(39-4)27(18-22)38-3/h8,11-18,23,29H,5-7,9-10,19H2,1-4H3,(H,32,36).